The molecule has 0 amide bonds. The molecule has 1 fully saturated rings. The molecule has 1 N–H and O–H groups in total. The fourth-order valence-corrected chi connectivity index (χ4v) is 1.92. The van der Waals surface area contributed by atoms with Crippen LogP contribution in [0.2, 0.25) is 10.0 Å². The summed E-state index contributed by atoms with van der Waals surface area (Å²) in [5.74, 6) is 1.27. The molecule has 0 aromatic heterocycles. The van der Waals surface area contributed by atoms with Crippen LogP contribution in [-0.4, -0.2) is 19.7 Å². The van der Waals surface area contributed by atoms with Gasteiger partial charge in [-0.2, -0.15) is 0 Å². The van der Waals surface area contributed by atoms with Crippen LogP contribution < -0.4 is 10.1 Å². The largest absolute Gasteiger partial charge is 0.492 e. The summed E-state index contributed by atoms with van der Waals surface area (Å²) in [5.41, 5.74) is 0. The van der Waals surface area contributed by atoms with Gasteiger partial charge in [-0.15, -0.1) is 0 Å². The molecule has 2 nitrogen and oxygen atoms in total. The van der Waals surface area contributed by atoms with E-state index in [-0.39, 0.29) is 0 Å². The lowest BCUT2D eigenvalue weighted by Crippen LogP contribution is -2.14. The maximum Gasteiger partial charge on any atom is 0.139 e. The van der Waals surface area contributed by atoms with Crippen LogP contribution in [0.1, 0.15) is 6.42 Å². The summed E-state index contributed by atoms with van der Waals surface area (Å²) < 4.78 is 5.62. The topological polar surface area (TPSA) is 21.3 Å². The van der Waals surface area contributed by atoms with Crippen molar-refractivity contribution in [3.63, 3.8) is 0 Å². The van der Waals surface area contributed by atoms with Crippen LogP contribution in [0.3, 0.4) is 0 Å². The van der Waals surface area contributed by atoms with Crippen molar-refractivity contribution in [1.29, 1.82) is 0 Å². The van der Waals surface area contributed by atoms with E-state index in [2.05, 4.69) is 5.32 Å². The molecule has 1 aromatic carbocycles. The molecule has 15 heavy (non-hydrogen) atoms. The van der Waals surface area contributed by atoms with Crippen molar-refractivity contribution in [2.45, 2.75) is 12.5 Å². The van der Waals surface area contributed by atoms with Gasteiger partial charge in [-0.25, -0.2) is 0 Å². The SMILES string of the molecule is CNC1CC1COc1cccc(Cl)c1Cl. The average molecular weight is 246 g/mol. The second kappa shape index (κ2) is 4.60. The van der Waals surface area contributed by atoms with Crippen LogP contribution in [0.4, 0.5) is 0 Å². The highest BCUT2D eigenvalue weighted by Gasteiger charge is 2.36. The van der Waals surface area contributed by atoms with Gasteiger partial charge in [0.05, 0.1) is 11.6 Å². The maximum absolute atomic E-state index is 5.99. The molecule has 2 atom stereocenters. The Balaban J connectivity index is 1.91. The van der Waals surface area contributed by atoms with E-state index in [4.69, 9.17) is 27.9 Å². The molecule has 0 heterocycles. The van der Waals surface area contributed by atoms with Crippen LogP contribution >= 0.6 is 23.2 Å². The minimum atomic E-state index is 0.501. The van der Waals surface area contributed by atoms with Crippen molar-refractivity contribution >= 4 is 23.2 Å². The van der Waals surface area contributed by atoms with Crippen molar-refractivity contribution < 1.29 is 4.74 Å². The average Bonchev–Trinajstić information content (AvgIpc) is 2.99. The van der Waals surface area contributed by atoms with Gasteiger partial charge in [-0.1, -0.05) is 29.3 Å². The van der Waals surface area contributed by atoms with Crippen LogP contribution in [0.25, 0.3) is 0 Å². The molecular weight excluding hydrogens is 233 g/mol. The number of benzene rings is 1. The Morgan fingerprint density at radius 2 is 2.27 bits per heavy atom. The minimum absolute atomic E-state index is 0.501. The zero-order valence-electron chi connectivity index (χ0n) is 8.47. The van der Waals surface area contributed by atoms with Crippen molar-refractivity contribution in [2.24, 2.45) is 5.92 Å². The maximum atomic E-state index is 5.99. The number of hydrogen-bond acceptors (Lipinski definition) is 2. The highest BCUT2D eigenvalue weighted by atomic mass is 35.5. The Morgan fingerprint density at radius 1 is 1.47 bits per heavy atom. The molecule has 1 aliphatic carbocycles. The van der Waals surface area contributed by atoms with Gasteiger partial charge in [-0.3, -0.25) is 0 Å². The van der Waals surface area contributed by atoms with Crippen molar-refractivity contribution in [3.05, 3.63) is 28.2 Å². The van der Waals surface area contributed by atoms with E-state index >= 15 is 0 Å². The Kier molecular flexibility index (Phi) is 3.39. The van der Waals surface area contributed by atoms with Crippen LogP contribution in [0, 0.1) is 5.92 Å². The predicted molar refractivity (Wildman–Crippen MR) is 62.9 cm³/mol. The molecule has 0 spiro atoms. The predicted octanol–water partition coefficient (Wildman–Crippen LogP) is 2.98. The van der Waals surface area contributed by atoms with Gasteiger partial charge in [0.2, 0.25) is 0 Å². The Labute approximate surface area is 99.5 Å². The lowest BCUT2D eigenvalue weighted by atomic mass is 10.3. The standard InChI is InChI=1S/C11H13Cl2NO/c1-14-9-5-7(9)6-15-10-4-2-3-8(12)11(10)13/h2-4,7,9,14H,5-6H2,1H3. The first kappa shape index (κ1) is 11.1. The molecule has 1 aromatic rings. The number of ether oxygens (including phenoxy) is 1. The number of halogens is 2. The fourth-order valence-electron chi connectivity index (χ4n) is 1.58. The normalized spacial score (nSPS) is 23.9. The Hall–Kier alpha value is -0.440. The Bertz CT molecular complexity index is 356. The van der Waals surface area contributed by atoms with E-state index in [0.717, 1.165) is 0 Å². The van der Waals surface area contributed by atoms with Gasteiger partial charge in [-0.05, 0) is 25.6 Å². The molecular formula is C11H13Cl2NO. The summed E-state index contributed by atoms with van der Waals surface area (Å²) in [6, 6.07) is 6.03. The fraction of sp³-hybridized carbons (Fsp3) is 0.455. The summed E-state index contributed by atoms with van der Waals surface area (Å²) in [6.07, 6.45) is 1.18. The monoisotopic (exact) mass is 245 g/mol. The molecule has 0 radical (unpaired) electrons. The lowest BCUT2D eigenvalue weighted by molar-refractivity contribution is 0.295. The number of hydrogen-bond donors (Lipinski definition) is 1. The van der Waals surface area contributed by atoms with Gasteiger partial charge in [0, 0.05) is 12.0 Å². The van der Waals surface area contributed by atoms with E-state index in [1.807, 2.05) is 19.2 Å². The molecule has 82 valence electrons. The molecule has 0 saturated heterocycles. The molecule has 0 aliphatic heterocycles. The summed E-state index contributed by atoms with van der Waals surface area (Å²) in [5, 5.41) is 4.25. The Morgan fingerprint density at radius 3 is 2.93 bits per heavy atom. The van der Waals surface area contributed by atoms with Gasteiger partial charge in [0.1, 0.15) is 10.8 Å². The smallest absolute Gasteiger partial charge is 0.139 e. The van der Waals surface area contributed by atoms with Crippen molar-refractivity contribution in [2.75, 3.05) is 13.7 Å². The number of nitrogens with one attached hydrogen (secondary N) is 1. The first-order valence-corrected chi connectivity index (χ1v) is 5.72. The van der Waals surface area contributed by atoms with Crippen molar-refractivity contribution in [1.82, 2.24) is 5.32 Å². The van der Waals surface area contributed by atoms with Crippen LogP contribution in [-0.2, 0) is 0 Å². The first-order valence-electron chi connectivity index (χ1n) is 4.96. The zero-order valence-corrected chi connectivity index (χ0v) is 9.98. The van der Waals surface area contributed by atoms with Crippen molar-refractivity contribution in [3.8, 4) is 5.75 Å². The molecule has 1 aliphatic rings. The summed E-state index contributed by atoms with van der Waals surface area (Å²) in [7, 11) is 1.97. The second-order valence-electron chi connectivity index (χ2n) is 3.75. The van der Waals surface area contributed by atoms with E-state index in [1.54, 1.807) is 6.07 Å². The van der Waals surface area contributed by atoms with E-state index < -0.39 is 0 Å². The van der Waals surface area contributed by atoms with Gasteiger partial charge in [0.25, 0.3) is 0 Å². The molecule has 4 heteroatoms. The quantitative estimate of drug-likeness (QED) is 0.881. The first-order chi connectivity index (χ1) is 7.22. The minimum Gasteiger partial charge on any atom is -0.492 e. The highest BCUT2D eigenvalue weighted by molar-refractivity contribution is 6.42. The van der Waals surface area contributed by atoms with Gasteiger partial charge in [0.15, 0.2) is 0 Å². The highest BCUT2D eigenvalue weighted by Crippen LogP contribution is 2.34. The zero-order chi connectivity index (χ0) is 10.8. The second-order valence-corrected chi connectivity index (χ2v) is 4.54. The van der Waals surface area contributed by atoms with Gasteiger partial charge < -0.3 is 10.1 Å². The van der Waals surface area contributed by atoms with E-state index in [0.29, 0.717) is 34.4 Å². The summed E-state index contributed by atoms with van der Waals surface area (Å²) in [4.78, 5) is 0. The molecule has 2 unspecified atom stereocenters. The lowest BCUT2D eigenvalue weighted by Gasteiger charge is -2.08. The third-order valence-electron chi connectivity index (χ3n) is 2.66. The van der Waals surface area contributed by atoms with Gasteiger partial charge >= 0.3 is 0 Å². The third kappa shape index (κ3) is 2.57. The van der Waals surface area contributed by atoms with Crippen LogP contribution in [0.5, 0.6) is 5.75 Å². The molecule has 1 saturated carbocycles. The summed E-state index contributed by atoms with van der Waals surface area (Å²) in [6.45, 7) is 0.700. The summed E-state index contributed by atoms with van der Waals surface area (Å²) >= 11 is 11.9. The third-order valence-corrected chi connectivity index (χ3v) is 3.46. The van der Waals surface area contributed by atoms with E-state index in [9.17, 15) is 0 Å². The van der Waals surface area contributed by atoms with E-state index in [1.165, 1.54) is 6.42 Å². The molecule has 0 bridgehead atoms. The van der Waals surface area contributed by atoms with Crippen LogP contribution in [0.15, 0.2) is 18.2 Å². The number of rotatable bonds is 4. The molecule has 2 rings (SSSR count).